The van der Waals surface area contributed by atoms with Crippen LogP contribution < -0.4 is 10.6 Å². The van der Waals surface area contributed by atoms with Crippen molar-refractivity contribution in [3.63, 3.8) is 0 Å². The molecule has 0 atom stereocenters. The monoisotopic (exact) mass is 277 g/mol. The summed E-state index contributed by atoms with van der Waals surface area (Å²) in [6, 6.07) is 5.31. The number of hydrogen-bond acceptors (Lipinski definition) is 5. The van der Waals surface area contributed by atoms with Crippen LogP contribution in [0.5, 0.6) is 0 Å². The summed E-state index contributed by atoms with van der Waals surface area (Å²) in [6.45, 7) is 4.38. The summed E-state index contributed by atoms with van der Waals surface area (Å²) in [6.07, 6.45) is 2.61. The van der Waals surface area contributed by atoms with E-state index in [9.17, 15) is 4.79 Å². The zero-order valence-electron chi connectivity index (χ0n) is 12.3. The number of carbonyl (C=O) groups excluding carboxylic acids is 1. The van der Waals surface area contributed by atoms with Gasteiger partial charge >= 0.3 is 5.97 Å². The number of nitrogen functional groups attached to an aromatic ring is 1. The lowest BCUT2D eigenvalue weighted by molar-refractivity contribution is 0.0601. The lowest BCUT2D eigenvalue weighted by Gasteiger charge is -2.24. The Labute approximate surface area is 120 Å². The topological polar surface area (TPSA) is 58.8 Å². The van der Waals surface area contributed by atoms with Gasteiger partial charge in [-0.25, -0.2) is 4.79 Å². The van der Waals surface area contributed by atoms with Crippen molar-refractivity contribution in [3.05, 3.63) is 23.8 Å². The molecule has 0 aromatic heterocycles. The van der Waals surface area contributed by atoms with Gasteiger partial charge in [-0.2, -0.15) is 0 Å². The molecule has 1 aromatic rings. The molecule has 1 aliphatic heterocycles. The molecule has 20 heavy (non-hydrogen) atoms. The van der Waals surface area contributed by atoms with E-state index in [1.54, 1.807) is 12.1 Å². The predicted molar refractivity (Wildman–Crippen MR) is 81.1 cm³/mol. The number of ether oxygens (including phenoxy) is 1. The highest BCUT2D eigenvalue weighted by Crippen LogP contribution is 2.23. The van der Waals surface area contributed by atoms with Gasteiger partial charge in [0.15, 0.2) is 0 Å². The summed E-state index contributed by atoms with van der Waals surface area (Å²) in [5, 5.41) is 0. The first-order valence-electron chi connectivity index (χ1n) is 7.03. The van der Waals surface area contributed by atoms with E-state index in [1.165, 1.54) is 33.0 Å². The number of carbonyl (C=O) groups is 1. The summed E-state index contributed by atoms with van der Waals surface area (Å²) in [4.78, 5) is 16.0. The van der Waals surface area contributed by atoms with Crippen molar-refractivity contribution in [1.29, 1.82) is 0 Å². The minimum absolute atomic E-state index is 0.358. The van der Waals surface area contributed by atoms with E-state index in [0.717, 1.165) is 18.8 Å². The van der Waals surface area contributed by atoms with E-state index in [-0.39, 0.29) is 5.97 Å². The number of rotatable bonds is 5. The number of anilines is 2. The maximum absolute atomic E-state index is 11.4. The molecule has 0 spiro atoms. The maximum atomic E-state index is 11.4. The van der Waals surface area contributed by atoms with Crippen LogP contribution in [-0.4, -0.2) is 51.2 Å². The third-order valence-corrected chi connectivity index (χ3v) is 3.81. The fourth-order valence-electron chi connectivity index (χ4n) is 2.57. The summed E-state index contributed by atoms with van der Waals surface area (Å²) in [5.74, 6) is -0.358. The van der Waals surface area contributed by atoms with E-state index in [1.807, 2.05) is 13.1 Å². The van der Waals surface area contributed by atoms with Crippen molar-refractivity contribution >= 4 is 17.3 Å². The molecule has 1 fully saturated rings. The van der Waals surface area contributed by atoms with E-state index in [4.69, 9.17) is 10.5 Å². The van der Waals surface area contributed by atoms with Crippen LogP contribution in [0.2, 0.25) is 0 Å². The molecule has 5 heteroatoms. The highest BCUT2D eigenvalue weighted by molar-refractivity contribution is 5.91. The van der Waals surface area contributed by atoms with Gasteiger partial charge in [0.05, 0.1) is 24.0 Å². The Kier molecular flexibility index (Phi) is 4.84. The molecule has 110 valence electrons. The molecule has 2 rings (SSSR count). The molecule has 2 N–H and O–H groups in total. The minimum Gasteiger partial charge on any atom is -0.465 e. The molecular weight excluding hydrogens is 254 g/mol. The van der Waals surface area contributed by atoms with Gasteiger partial charge in [0, 0.05) is 20.1 Å². The molecule has 1 aliphatic rings. The number of nitrogens with two attached hydrogens (primary N) is 1. The number of methoxy groups -OCH3 is 1. The molecule has 1 saturated heterocycles. The Bertz CT molecular complexity index is 470. The van der Waals surface area contributed by atoms with Crippen molar-refractivity contribution in [2.45, 2.75) is 12.8 Å². The van der Waals surface area contributed by atoms with Crippen LogP contribution in [0.4, 0.5) is 11.4 Å². The fraction of sp³-hybridized carbons (Fsp3) is 0.533. The minimum atomic E-state index is -0.358. The quantitative estimate of drug-likeness (QED) is 0.654. The van der Waals surface area contributed by atoms with Crippen LogP contribution in [0.1, 0.15) is 23.2 Å². The Morgan fingerprint density at radius 3 is 2.70 bits per heavy atom. The third kappa shape index (κ3) is 3.42. The lowest BCUT2D eigenvalue weighted by Crippen LogP contribution is -2.31. The summed E-state index contributed by atoms with van der Waals surface area (Å²) < 4.78 is 4.69. The summed E-state index contributed by atoms with van der Waals surface area (Å²) in [7, 11) is 3.40. The van der Waals surface area contributed by atoms with E-state index in [0.29, 0.717) is 11.3 Å². The van der Waals surface area contributed by atoms with Gasteiger partial charge in [-0.15, -0.1) is 0 Å². The zero-order chi connectivity index (χ0) is 14.5. The molecule has 0 aliphatic carbocycles. The van der Waals surface area contributed by atoms with Gasteiger partial charge in [-0.1, -0.05) is 0 Å². The van der Waals surface area contributed by atoms with Crippen LogP contribution in [0.15, 0.2) is 18.2 Å². The average molecular weight is 277 g/mol. The first-order chi connectivity index (χ1) is 9.61. The number of esters is 1. The molecule has 0 radical (unpaired) electrons. The van der Waals surface area contributed by atoms with Gasteiger partial charge in [0.1, 0.15) is 0 Å². The van der Waals surface area contributed by atoms with Gasteiger partial charge < -0.3 is 20.3 Å². The Hall–Kier alpha value is -1.75. The normalized spacial score (nSPS) is 15.3. The molecule has 1 heterocycles. The number of nitrogens with zero attached hydrogens (tertiary/aromatic N) is 2. The SMILES string of the molecule is COC(=O)c1ccc(N(C)CCN2CCCC2)c(N)c1. The molecule has 0 amide bonds. The van der Waals surface area contributed by atoms with Gasteiger partial charge in [0.2, 0.25) is 0 Å². The van der Waals surface area contributed by atoms with Crippen molar-refractivity contribution in [1.82, 2.24) is 4.90 Å². The average Bonchev–Trinajstić information content (AvgIpc) is 2.97. The standard InChI is InChI=1S/C15H23N3O2/c1-17(9-10-18-7-3-4-8-18)14-6-5-12(11-13(14)16)15(19)20-2/h5-6,11H,3-4,7-10,16H2,1-2H3. The van der Waals surface area contributed by atoms with Gasteiger partial charge in [-0.3, -0.25) is 0 Å². The third-order valence-electron chi connectivity index (χ3n) is 3.81. The Morgan fingerprint density at radius 1 is 1.40 bits per heavy atom. The van der Waals surface area contributed by atoms with Crippen molar-refractivity contribution in [2.75, 3.05) is 51.0 Å². The number of likely N-dealkylation sites (N-methyl/N-ethyl adjacent to an activating group) is 1. The first kappa shape index (κ1) is 14.7. The van der Waals surface area contributed by atoms with E-state index < -0.39 is 0 Å². The fourth-order valence-corrected chi connectivity index (χ4v) is 2.57. The maximum Gasteiger partial charge on any atom is 0.337 e. The highest BCUT2D eigenvalue weighted by atomic mass is 16.5. The second kappa shape index (κ2) is 6.61. The van der Waals surface area contributed by atoms with Crippen molar-refractivity contribution < 1.29 is 9.53 Å². The molecule has 0 unspecified atom stereocenters. The summed E-state index contributed by atoms with van der Waals surface area (Å²) >= 11 is 0. The molecule has 1 aromatic carbocycles. The van der Waals surface area contributed by atoms with Crippen LogP contribution in [0, 0.1) is 0 Å². The largest absolute Gasteiger partial charge is 0.465 e. The van der Waals surface area contributed by atoms with E-state index in [2.05, 4.69) is 9.80 Å². The van der Waals surface area contributed by atoms with Crippen LogP contribution >= 0.6 is 0 Å². The van der Waals surface area contributed by atoms with Gasteiger partial charge in [-0.05, 0) is 44.1 Å². The predicted octanol–water partition coefficient (Wildman–Crippen LogP) is 1.59. The Balaban J connectivity index is 1.98. The Morgan fingerprint density at radius 2 is 2.10 bits per heavy atom. The lowest BCUT2D eigenvalue weighted by atomic mass is 10.1. The number of benzene rings is 1. The smallest absolute Gasteiger partial charge is 0.337 e. The molecule has 0 saturated carbocycles. The van der Waals surface area contributed by atoms with Crippen molar-refractivity contribution in [3.8, 4) is 0 Å². The first-order valence-corrected chi connectivity index (χ1v) is 7.03. The molecular formula is C15H23N3O2. The molecule has 5 nitrogen and oxygen atoms in total. The zero-order valence-corrected chi connectivity index (χ0v) is 12.3. The van der Waals surface area contributed by atoms with Gasteiger partial charge in [0.25, 0.3) is 0 Å². The van der Waals surface area contributed by atoms with Crippen LogP contribution in [0.3, 0.4) is 0 Å². The van der Waals surface area contributed by atoms with E-state index >= 15 is 0 Å². The molecule has 0 bridgehead atoms. The highest BCUT2D eigenvalue weighted by Gasteiger charge is 2.14. The number of likely N-dealkylation sites (tertiary alicyclic amines) is 1. The van der Waals surface area contributed by atoms with Crippen LogP contribution in [0.25, 0.3) is 0 Å². The number of hydrogen-bond donors (Lipinski definition) is 1. The van der Waals surface area contributed by atoms with Crippen LogP contribution in [-0.2, 0) is 4.74 Å². The second-order valence-corrected chi connectivity index (χ2v) is 5.24. The second-order valence-electron chi connectivity index (χ2n) is 5.24. The summed E-state index contributed by atoms with van der Waals surface area (Å²) in [5.41, 5.74) is 8.09. The van der Waals surface area contributed by atoms with Crippen molar-refractivity contribution in [2.24, 2.45) is 0 Å².